The molecule has 0 radical (unpaired) electrons. The number of likely N-dealkylation sites (tertiary alicyclic amines) is 1. The first-order valence-corrected chi connectivity index (χ1v) is 9.60. The van der Waals surface area contributed by atoms with E-state index in [4.69, 9.17) is 0 Å². The summed E-state index contributed by atoms with van der Waals surface area (Å²) in [5.41, 5.74) is 4.81. The fraction of sp³-hybridized carbons (Fsp3) is 0.286. The Hall–Kier alpha value is -3.35. The second-order valence-electron chi connectivity index (χ2n) is 7.44. The highest BCUT2D eigenvalue weighted by Crippen LogP contribution is 2.29. The fourth-order valence-corrected chi connectivity index (χ4v) is 4.05. The number of para-hydroxylation sites is 1. The Kier molecular flexibility index (Phi) is 4.00. The van der Waals surface area contributed by atoms with Gasteiger partial charge in [-0.2, -0.15) is 0 Å². The highest BCUT2D eigenvalue weighted by molar-refractivity contribution is 5.92. The number of benzene rings is 2. The number of aryl methyl sites for hydroxylation is 1. The molecule has 2 aromatic carbocycles. The van der Waals surface area contributed by atoms with Crippen molar-refractivity contribution in [3.05, 3.63) is 54.2 Å². The second-order valence-corrected chi connectivity index (χ2v) is 7.44. The number of carbonyl (C=O) groups excluding carboxylic acids is 1. The number of aromatic amines is 1. The normalized spacial score (nSPS) is 17.3. The van der Waals surface area contributed by atoms with Crippen molar-refractivity contribution in [1.82, 2.24) is 24.9 Å². The van der Waals surface area contributed by atoms with E-state index in [1.165, 1.54) is 11.1 Å². The number of hydrogen-bond donors (Lipinski definition) is 2. The fourth-order valence-electron chi connectivity index (χ4n) is 4.05. The molecular formula is C21H22N6O. The molecule has 1 atom stereocenters. The van der Waals surface area contributed by atoms with Crippen LogP contribution in [0.4, 0.5) is 10.5 Å². The van der Waals surface area contributed by atoms with Crippen LogP contribution in [0.25, 0.3) is 21.9 Å². The van der Waals surface area contributed by atoms with Crippen molar-refractivity contribution in [2.75, 3.05) is 18.4 Å². The van der Waals surface area contributed by atoms with E-state index < -0.39 is 0 Å². The Morgan fingerprint density at radius 2 is 2.11 bits per heavy atom. The van der Waals surface area contributed by atoms with Crippen molar-refractivity contribution in [3.8, 4) is 0 Å². The van der Waals surface area contributed by atoms with E-state index in [0.717, 1.165) is 41.6 Å². The van der Waals surface area contributed by atoms with Crippen LogP contribution in [0.2, 0.25) is 0 Å². The summed E-state index contributed by atoms with van der Waals surface area (Å²) in [5, 5.41) is 12.4. The molecule has 4 aromatic rings. The molecule has 0 aliphatic carbocycles. The van der Waals surface area contributed by atoms with Gasteiger partial charge in [-0.1, -0.05) is 23.4 Å². The minimum absolute atomic E-state index is 0.0657. The SMILES string of the molecule is Cn1nnc2cc(NC(=O)N3CCCC(c4cc5ccccc5[nH]4)C3)ccc21. The third kappa shape index (κ3) is 2.98. The smallest absolute Gasteiger partial charge is 0.321 e. The lowest BCUT2D eigenvalue weighted by molar-refractivity contribution is 0.192. The van der Waals surface area contributed by atoms with E-state index in [-0.39, 0.29) is 6.03 Å². The summed E-state index contributed by atoms with van der Waals surface area (Å²) in [4.78, 5) is 18.2. The van der Waals surface area contributed by atoms with Gasteiger partial charge in [0.2, 0.25) is 0 Å². The maximum absolute atomic E-state index is 12.8. The van der Waals surface area contributed by atoms with Gasteiger partial charge in [-0.25, -0.2) is 9.48 Å². The molecule has 0 saturated carbocycles. The summed E-state index contributed by atoms with van der Waals surface area (Å²) in [6, 6.07) is 16.1. The molecule has 7 nitrogen and oxygen atoms in total. The van der Waals surface area contributed by atoms with Crippen LogP contribution in [0.15, 0.2) is 48.5 Å². The van der Waals surface area contributed by atoms with Gasteiger partial charge in [-0.15, -0.1) is 5.10 Å². The van der Waals surface area contributed by atoms with Gasteiger partial charge >= 0.3 is 6.03 Å². The first-order chi connectivity index (χ1) is 13.7. The molecule has 5 rings (SSSR count). The van der Waals surface area contributed by atoms with E-state index >= 15 is 0 Å². The van der Waals surface area contributed by atoms with Crippen LogP contribution in [-0.4, -0.2) is 44.0 Å². The summed E-state index contributed by atoms with van der Waals surface area (Å²) in [6.07, 6.45) is 2.08. The molecule has 0 spiro atoms. The Labute approximate surface area is 162 Å². The zero-order chi connectivity index (χ0) is 19.1. The highest BCUT2D eigenvalue weighted by Gasteiger charge is 2.26. The maximum atomic E-state index is 12.8. The van der Waals surface area contributed by atoms with Crippen LogP contribution >= 0.6 is 0 Å². The van der Waals surface area contributed by atoms with Crippen molar-refractivity contribution in [2.45, 2.75) is 18.8 Å². The van der Waals surface area contributed by atoms with Crippen LogP contribution in [-0.2, 0) is 7.05 Å². The predicted molar refractivity (Wildman–Crippen MR) is 109 cm³/mol. The van der Waals surface area contributed by atoms with Gasteiger partial charge in [-0.05, 0) is 48.6 Å². The van der Waals surface area contributed by atoms with Gasteiger partial charge < -0.3 is 15.2 Å². The second kappa shape index (κ2) is 6.67. The molecule has 1 aliphatic rings. The first kappa shape index (κ1) is 16.8. The number of nitrogens with zero attached hydrogens (tertiary/aromatic N) is 4. The summed E-state index contributed by atoms with van der Waals surface area (Å²) >= 11 is 0. The van der Waals surface area contributed by atoms with Gasteiger partial charge in [0.1, 0.15) is 5.52 Å². The number of anilines is 1. The molecule has 2 aromatic heterocycles. The lowest BCUT2D eigenvalue weighted by Crippen LogP contribution is -2.41. The van der Waals surface area contributed by atoms with Crippen molar-refractivity contribution in [3.63, 3.8) is 0 Å². The standard InChI is InChI=1S/C21H22N6O/c1-26-20-9-8-16(12-19(20)24-25-26)22-21(28)27-10-4-6-15(13-27)18-11-14-5-2-3-7-17(14)23-18/h2-3,5,7-9,11-12,15,23H,4,6,10,13H2,1H3,(H,22,28). The number of aromatic nitrogens is 4. The Balaban J connectivity index is 1.31. The molecule has 28 heavy (non-hydrogen) atoms. The average molecular weight is 374 g/mol. The third-order valence-electron chi connectivity index (χ3n) is 5.56. The largest absolute Gasteiger partial charge is 0.358 e. The van der Waals surface area contributed by atoms with Gasteiger partial charge in [0.15, 0.2) is 0 Å². The average Bonchev–Trinajstić information content (AvgIpc) is 3.32. The number of amides is 2. The lowest BCUT2D eigenvalue weighted by atomic mass is 9.95. The molecule has 1 saturated heterocycles. The summed E-state index contributed by atoms with van der Waals surface area (Å²) in [7, 11) is 1.85. The van der Waals surface area contributed by atoms with E-state index in [9.17, 15) is 4.79 Å². The minimum atomic E-state index is -0.0657. The van der Waals surface area contributed by atoms with Crippen LogP contribution in [0, 0.1) is 0 Å². The van der Waals surface area contributed by atoms with Gasteiger partial charge in [0, 0.05) is 43.0 Å². The van der Waals surface area contributed by atoms with Crippen LogP contribution in [0.5, 0.6) is 0 Å². The first-order valence-electron chi connectivity index (χ1n) is 9.60. The Morgan fingerprint density at radius 1 is 1.21 bits per heavy atom. The maximum Gasteiger partial charge on any atom is 0.321 e. The molecule has 0 bridgehead atoms. The van der Waals surface area contributed by atoms with Gasteiger partial charge in [0.05, 0.1) is 5.52 Å². The van der Waals surface area contributed by atoms with E-state index in [1.807, 2.05) is 36.2 Å². The Morgan fingerprint density at radius 3 is 3.00 bits per heavy atom. The van der Waals surface area contributed by atoms with E-state index in [0.29, 0.717) is 12.5 Å². The molecule has 1 fully saturated rings. The van der Waals surface area contributed by atoms with E-state index in [2.05, 4.69) is 44.9 Å². The predicted octanol–water partition coefficient (Wildman–Crippen LogP) is 3.86. The summed E-state index contributed by atoms with van der Waals surface area (Å²) in [5.74, 6) is 0.328. The Bertz CT molecular complexity index is 1130. The molecule has 7 heteroatoms. The molecule has 1 unspecified atom stereocenters. The number of hydrogen-bond acceptors (Lipinski definition) is 3. The monoisotopic (exact) mass is 374 g/mol. The molecule has 1 aliphatic heterocycles. The minimum Gasteiger partial charge on any atom is -0.358 e. The van der Waals surface area contributed by atoms with Crippen molar-refractivity contribution in [2.24, 2.45) is 7.05 Å². The zero-order valence-corrected chi connectivity index (χ0v) is 15.7. The van der Waals surface area contributed by atoms with Crippen LogP contribution < -0.4 is 5.32 Å². The zero-order valence-electron chi connectivity index (χ0n) is 15.7. The van der Waals surface area contributed by atoms with Crippen LogP contribution in [0.3, 0.4) is 0 Å². The van der Waals surface area contributed by atoms with Crippen LogP contribution in [0.1, 0.15) is 24.5 Å². The number of H-pyrrole nitrogens is 1. The van der Waals surface area contributed by atoms with Crippen molar-refractivity contribution >= 4 is 33.7 Å². The number of carbonyl (C=O) groups is 1. The lowest BCUT2D eigenvalue weighted by Gasteiger charge is -2.32. The number of fused-ring (bicyclic) bond motifs is 2. The number of nitrogens with one attached hydrogen (secondary N) is 2. The van der Waals surface area contributed by atoms with Crippen molar-refractivity contribution in [1.29, 1.82) is 0 Å². The molecule has 142 valence electrons. The molecule has 3 heterocycles. The van der Waals surface area contributed by atoms with Crippen molar-refractivity contribution < 1.29 is 4.79 Å². The van der Waals surface area contributed by atoms with Gasteiger partial charge in [-0.3, -0.25) is 0 Å². The third-order valence-corrected chi connectivity index (χ3v) is 5.56. The molecule has 2 N–H and O–H groups in total. The number of piperidine rings is 1. The number of urea groups is 1. The molecule has 2 amide bonds. The highest BCUT2D eigenvalue weighted by atomic mass is 16.2. The number of rotatable bonds is 2. The molecular weight excluding hydrogens is 352 g/mol. The summed E-state index contributed by atoms with van der Waals surface area (Å²) < 4.78 is 1.72. The van der Waals surface area contributed by atoms with Gasteiger partial charge in [0.25, 0.3) is 0 Å². The van der Waals surface area contributed by atoms with E-state index in [1.54, 1.807) is 4.68 Å². The summed E-state index contributed by atoms with van der Waals surface area (Å²) in [6.45, 7) is 1.49. The quantitative estimate of drug-likeness (QED) is 0.559. The topological polar surface area (TPSA) is 78.8 Å².